The number of carbonyl (C=O) groups excluding carboxylic acids is 1. The summed E-state index contributed by atoms with van der Waals surface area (Å²) in [6.45, 7) is 2.35. The third kappa shape index (κ3) is 3.01. The van der Waals surface area contributed by atoms with Gasteiger partial charge in [0.15, 0.2) is 0 Å². The fourth-order valence-electron chi connectivity index (χ4n) is 6.90. The molecule has 2 aromatic carbocycles. The highest BCUT2D eigenvalue weighted by Crippen LogP contribution is 2.56. The van der Waals surface area contributed by atoms with Crippen LogP contribution in [0, 0.1) is 11.8 Å². The van der Waals surface area contributed by atoms with Gasteiger partial charge < -0.3 is 5.11 Å². The Bertz CT molecular complexity index is 980. The van der Waals surface area contributed by atoms with Crippen molar-refractivity contribution in [3.63, 3.8) is 0 Å². The maximum atomic E-state index is 12.7. The molecule has 3 heteroatoms. The fraction of sp³-hybridized carbons (Fsp3) is 0.519. The van der Waals surface area contributed by atoms with Crippen molar-refractivity contribution in [2.45, 2.75) is 62.8 Å². The number of ketones is 1. The molecule has 3 atom stereocenters. The van der Waals surface area contributed by atoms with E-state index < -0.39 is 0 Å². The summed E-state index contributed by atoms with van der Waals surface area (Å²) >= 11 is 0. The second kappa shape index (κ2) is 6.95. The molecule has 2 aromatic rings. The predicted molar refractivity (Wildman–Crippen MR) is 118 cm³/mol. The largest absolute Gasteiger partial charge is 0.508 e. The van der Waals surface area contributed by atoms with Crippen LogP contribution in [0.1, 0.15) is 60.8 Å². The highest BCUT2D eigenvalue weighted by molar-refractivity contribution is 5.82. The maximum Gasteiger partial charge on any atom is 0.133 e. The van der Waals surface area contributed by atoms with Crippen molar-refractivity contribution in [2.24, 2.45) is 11.8 Å². The molecule has 2 saturated carbocycles. The van der Waals surface area contributed by atoms with Gasteiger partial charge in [0.2, 0.25) is 0 Å². The molecule has 3 nitrogen and oxygen atoms in total. The summed E-state index contributed by atoms with van der Waals surface area (Å²) in [5, 5.41) is 10.7. The summed E-state index contributed by atoms with van der Waals surface area (Å²) in [4.78, 5) is 15.5. The molecule has 3 aliphatic carbocycles. The summed E-state index contributed by atoms with van der Waals surface area (Å²) in [7, 11) is 0. The number of nitrogens with zero attached hydrogens (tertiary/aromatic N) is 1. The summed E-state index contributed by atoms with van der Waals surface area (Å²) in [5.74, 6) is 2.24. The Kier molecular flexibility index (Phi) is 4.31. The maximum absolute atomic E-state index is 12.7. The SMILES string of the molecule is O=C1CC[C@H]2[C@H]3Cc4c(Cc5ccccc5)cc(O)cc4[C@@]2(CCN3CC2CC2)C1. The quantitative estimate of drug-likeness (QED) is 0.812. The fourth-order valence-corrected chi connectivity index (χ4v) is 6.90. The summed E-state index contributed by atoms with van der Waals surface area (Å²) in [6.07, 6.45) is 8.20. The zero-order valence-electron chi connectivity index (χ0n) is 17.6. The first-order valence-corrected chi connectivity index (χ1v) is 11.8. The van der Waals surface area contributed by atoms with Gasteiger partial charge in [0.25, 0.3) is 0 Å². The predicted octanol–water partition coefficient (Wildman–Crippen LogP) is 4.63. The number of phenols is 1. The van der Waals surface area contributed by atoms with E-state index in [1.807, 2.05) is 12.1 Å². The van der Waals surface area contributed by atoms with Gasteiger partial charge in [0.05, 0.1) is 0 Å². The van der Waals surface area contributed by atoms with E-state index >= 15 is 0 Å². The van der Waals surface area contributed by atoms with Gasteiger partial charge >= 0.3 is 0 Å². The van der Waals surface area contributed by atoms with Gasteiger partial charge in [-0.05, 0) is 91.3 Å². The van der Waals surface area contributed by atoms with Gasteiger partial charge in [0, 0.05) is 30.8 Å². The topological polar surface area (TPSA) is 40.5 Å². The van der Waals surface area contributed by atoms with E-state index in [0.717, 1.165) is 44.6 Å². The molecule has 1 aliphatic heterocycles. The lowest BCUT2D eigenvalue weighted by atomic mass is 9.51. The van der Waals surface area contributed by atoms with Crippen molar-refractivity contribution >= 4 is 5.78 Å². The molecule has 0 unspecified atom stereocenters. The van der Waals surface area contributed by atoms with E-state index in [4.69, 9.17) is 0 Å². The van der Waals surface area contributed by atoms with Crippen molar-refractivity contribution in [1.82, 2.24) is 4.90 Å². The van der Waals surface area contributed by atoms with Gasteiger partial charge in [-0.2, -0.15) is 0 Å². The first-order valence-electron chi connectivity index (χ1n) is 11.8. The first-order chi connectivity index (χ1) is 14.6. The number of likely N-dealkylation sites (tertiary alicyclic amines) is 1. The van der Waals surface area contributed by atoms with Crippen LogP contribution >= 0.6 is 0 Å². The molecule has 2 bridgehead atoms. The number of rotatable bonds is 4. The molecule has 30 heavy (non-hydrogen) atoms. The van der Waals surface area contributed by atoms with Gasteiger partial charge in [-0.15, -0.1) is 0 Å². The molecule has 1 saturated heterocycles. The standard InChI is InChI=1S/C27H31NO2/c29-21-8-9-24-26-15-23-20(12-18-4-2-1-3-5-18)13-22(30)14-25(23)27(24,16-21)10-11-28(26)17-19-6-7-19/h1-5,13-14,19,24,26,30H,6-12,15-17H2/t24-,26+,27-/m0/s1. The van der Waals surface area contributed by atoms with Gasteiger partial charge in [0.1, 0.15) is 11.5 Å². The Morgan fingerprint density at radius 3 is 2.73 bits per heavy atom. The normalized spacial score (nSPS) is 30.6. The number of hydrogen-bond acceptors (Lipinski definition) is 3. The number of fused-ring (bicyclic) bond motifs is 1. The van der Waals surface area contributed by atoms with Crippen LogP contribution in [-0.4, -0.2) is 34.9 Å². The van der Waals surface area contributed by atoms with Crippen LogP contribution < -0.4 is 0 Å². The van der Waals surface area contributed by atoms with Crippen molar-refractivity contribution in [3.8, 4) is 5.75 Å². The summed E-state index contributed by atoms with van der Waals surface area (Å²) in [5.41, 5.74) is 5.20. The molecule has 1 heterocycles. The Morgan fingerprint density at radius 1 is 1.10 bits per heavy atom. The lowest BCUT2D eigenvalue weighted by Crippen LogP contribution is -2.62. The Balaban J connectivity index is 1.46. The first kappa shape index (κ1) is 18.6. The number of hydrogen-bond donors (Lipinski definition) is 1. The van der Waals surface area contributed by atoms with E-state index in [1.165, 1.54) is 41.6 Å². The second-order valence-corrected chi connectivity index (χ2v) is 10.3. The smallest absolute Gasteiger partial charge is 0.133 e. The molecule has 3 fully saturated rings. The molecule has 0 aromatic heterocycles. The Labute approximate surface area is 179 Å². The van der Waals surface area contributed by atoms with Gasteiger partial charge in [-0.25, -0.2) is 0 Å². The van der Waals surface area contributed by atoms with Crippen LogP contribution in [0.15, 0.2) is 42.5 Å². The molecular weight excluding hydrogens is 370 g/mol. The molecule has 4 aliphatic rings. The Hall–Kier alpha value is -2.13. The molecule has 0 amide bonds. The highest BCUT2D eigenvalue weighted by atomic mass is 16.3. The van der Waals surface area contributed by atoms with Gasteiger partial charge in [-0.3, -0.25) is 9.69 Å². The lowest BCUT2D eigenvalue weighted by Gasteiger charge is -2.59. The van der Waals surface area contributed by atoms with Crippen LogP contribution in [0.3, 0.4) is 0 Å². The molecule has 1 N–H and O–H groups in total. The minimum absolute atomic E-state index is 0.0577. The molecule has 156 valence electrons. The molecule has 6 rings (SSSR count). The zero-order valence-corrected chi connectivity index (χ0v) is 17.6. The minimum Gasteiger partial charge on any atom is -0.508 e. The van der Waals surface area contributed by atoms with Gasteiger partial charge in [-0.1, -0.05) is 30.3 Å². The number of benzene rings is 2. The van der Waals surface area contributed by atoms with Crippen LogP contribution in [0.25, 0.3) is 0 Å². The molecular formula is C27H31NO2. The third-order valence-corrected chi connectivity index (χ3v) is 8.44. The van der Waals surface area contributed by atoms with Crippen molar-refractivity contribution < 1.29 is 9.90 Å². The van der Waals surface area contributed by atoms with E-state index in [-0.39, 0.29) is 5.41 Å². The van der Waals surface area contributed by atoms with E-state index in [2.05, 4.69) is 35.2 Å². The zero-order chi connectivity index (χ0) is 20.3. The number of carbonyl (C=O) groups is 1. The van der Waals surface area contributed by atoms with E-state index in [9.17, 15) is 9.90 Å². The average Bonchev–Trinajstić information content (AvgIpc) is 3.55. The molecule has 0 radical (unpaired) electrons. The highest BCUT2D eigenvalue weighted by Gasteiger charge is 2.56. The van der Waals surface area contributed by atoms with Crippen molar-refractivity contribution in [1.29, 1.82) is 0 Å². The number of phenolic OH excluding ortho intramolecular Hbond substituents is 1. The van der Waals surface area contributed by atoms with E-state index in [0.29, 0.717) is 29.9 Å². The van der Waals surface area contributed by atoms with Crippen LogP contribution in [0.2, 0.25) is 0 Å². The minimum atomic E-state index is -0.0577. The number of aromatic hydroxyl groups is 1. The van der Waals surface area contributed by atoms with Crippen LogP contribution in [0.4, 0.5) is 0 Å². The average molecular weight is 402 g/mol. The Morgan fingerprint density at radius 2 is 1.93 bits per heavy atom. The van der Waals surface area contributed by atoms with Crippen molar-refractivity contribution in [3.05, 3.63) is 64.7 Å². The number of Topliss-reactive ketones (excluding diaryl/α,β-unsaturated/α-hetero) is 1. The van der Waals surface area contributed by atoms with Crippen LogP contribution in [0.5, 0.6) is 5.75 Å². The summed E-state index contributed by atoms with van der Waals surface area (Å²) in [6, 6.07) is 15.1. The lowest BCUT2D eigenvalue weighted by molar-refractivity contribution is -0.127. The number of piperidine rings is 1. The third-order valence-electron chi connectivity index (χ3n) is 8.44. The van der Waals surface area contributed by atoms with E-state index in [1.54, 1.807) is 0 Å². The monoisotopic (exact) mass is 401 g/mol. The summed E-state index contributed by atoms with van der Waals surface area (Å²) < 4.78 is 0. The molecule has 0 spiro atoms. The second-order valence-electron chi connectivity index (χ2n) is 10.3. The van der Waals surface area contributed by atoms with Crippen molar-refractivity contribution in [2.75, 3.05) is 13.1 Å². The van der Waals surface area contributed by atoms with Crippen LogP contribution in [-0.2, 0) is 23.1 Å².